The Balaban J connectivity index is 0.811. The van der Waals surface area contributed by atoms with Crippen molar-refractivity contribution >= 4 is 70.5 Å². The molecule has 1 unspecified atom stereocenters. The number of hydrogen-bond donors (Lipinski definition) is 13. The summed E-state index contributed by atoms with van der Waals surface area (Å²) in [5.74, 6) is -7.84. The van der Waals surface area contributed by atoms with Gasteiger partial charge in [0.05, 0.1) is 90.4 Å². The lowest BCUT2D eigenvalue weighted by molar-refractivity contribution is -0.234. The van der Waals surface area contributed by atoms with E-state index in [0.29, 0.717) is 29.7 Å². The summed E-state index contributed by atoms with van der Waals surface area (Å²) in [5.41, 5.74) is 0.606. The number of aliphatic hydroxyl groups is 6. The number of Topliss-reactive ketones (excluding diaryl/α,β-unsaturated/α-hetero) is 2. The molecule has 0 spiro atoms. The third-order valence-electron chi connectivity index (χ3n) is 21.8. The van der Waals surface area contributed by atoms with Gasteiger partial charge in [0.1, 0.15) is 49.5 Å². The van der Waals surface area contributed by atoms with E-state index < -0.39 is 199 Å². The van der Waals surface area contributed by atoms with Gasteiger partial charge in [-0.1, -0.05) is 71.1 Å². The number of halogens is 2. The lowest BCUT2D eigenvalue weighted by Gasteiger charge is -2.63. The second kappa shape index (κ2) is 41.0. The Morgan fingerprint density at radius 2 is 1.38 bits per heavy atom. The highest BCUT2D eigenvalue weighted by Crippen LogP contribution is 2.72. The number of ketones is 2. The third-order valence-corrected chi connectivity index (χ3v) is 21.8. The highest BCUT2D eigenvalue weighted by Gasteiger charge is 2.80. The molecule has 2 heterocycles. The number of nitrogens with zero attached hydrogens (tertiary/aromatic N) is 1. The number of hydrogen-bond acceptors (Lipinski definition) is 24. The number of benzene rings is 2. The number of primary amides is 1. The van der Waals surface area contributed by atoms with Crippen LogP contribution in [0.4, 0.5) is 29.7 Å². The minimum absolute atomic E-state index is 0.0440. The van der Waals surface area contributed by atoms with Crippen molar-refractivity contribution in [1.29, 1.82) is 0 Å². The zero-order valence-electron chi connectivity index (χ0n) is 63.8. The van der Waals surface area contributed by atoms with Gasteiger partial charge in [-0.15, -0.1) is 0 Å². The lowest BCUT2D eigenvalue weighted by atomic mass is 9.44. The van der Waals surface area contributed by atoms with Crippen molar-refractivity contribution in [3.8, 4) is 5.75 Å². The fraction of sp³-hybridized carbons (Fsp3) is 0.615. The first-order valence-corrected chi connectivity index (χ1v) is 37.9. The van der Waals surface area contributed by atoms with Crippen LogP contribution in [-0.4, -0.2) is 253 Å². The van der Waals surface area contributed by atoms with Crippen LogP contribution in [0.15, 0.2) is 96.6 Å². The van der Waals surface area contributed by atoms with Crippen LogP contribution >= 0.6 is 0 Å². The van der Waals surface area contributed by atoms with Crippen LogP contribution in [0.2, 0.25) is 0 Å². The van der Waals surface area contributed by atoms with Crippen LogP contribution in [0.3, 0.4) is 0 Å². The standard InChI is InChI=1S/C78H108F2N8O24/c1-7-9-67-111-62-39-52-53-38-55(79)54-36-46(4)23-25-75(54,5)77(53,80)60(93)40-76(52,6)78(62,112-67)61(94)44-109-51-17-15-50(16-18-51)85-74(104)110-43-47-11-13-49(14-12-47)84-71(101)48(10-8-26-82-73(81)103)37-57(90)68(45(2)3)87-72(102)56(19-20-63(95)83-41-58(91)69(99)70(100)59(92)42-89)86-64(96)24-28-105-30-32-107-34-35-108-33-31-106-29-27-88-65(97)21-22-66(88)98/h11-18,21-23,25,36,45,48,52-53,55-56,58-60,62,67-70,89,91-93,99-100H,4,7-10,19-20,24,26-35,37-44H2,1-3,5-6H3,(H,83,95)(H,84,101)(H,85,104)(H,86,96)(H,87,102)(H3,81,82,103)/t48-,52+,53+,55+,56-,58+,59-,60+,62-,67?,68+,69-,70-,75+,76+,77+,78-/m1/s1. The summed E-state index contributed by atoms with van der Waals surface area (Å²) in [6.07, 6.45) is -6.20. The summed E-state index contributed by atoms with van der Waals surface area (Å²) in [5, 5.41) is 77.0. The number of carbonyl (C=O) groups excluding carboxylic acids is 10. The molecule has 1 saturated heterocycles. The number of allylic oxidation sites excluding steroid dienone is 5. The maximum atomic E-state index is 18.1. The van der Waals surface area contributed by atoms with Gasteiger partial charge in [-0.2, -0.15) is 0 Å². The number of ether oxygens (including phenoxy) is 8. The Morgan fingerprint density at radius 1 is 0.759 bits per heavy atom. The number of aliphatic hydroxyl groups excluding tert-OH is 6. The summed E-state index contributed by atoms with van der Waals surface area (Å²) in [6, 6.07) is 8.82. The number of imide groups is 1. The van der Waals surface area contributed by atoms with Crippen LogP contribution in [0.1, 0.15) is 111 Å². The van der Waals surface area contributed by atoms with Crippen molar-refractivity contribution in [3.05, 3.63) is 102 Å². The number of anilines is 2. The summed E-state index contributed by atoms with van der Waals surface area (Å²) in [4.78, 5) is 133. The van der Waals surface area contributed by atoms with Gasteiger partial charge in [0.15, 0.2) is 23.3 Å². The van der Waals surface area contributed by atoms with E-state index in [-0.39, 0.29) is 135 Å². The third kappa shape index (κ3) is 22.1. The van der Waals surface area contributed by atoms with Crippen molar-refractivity contribution in [3.63, 3.8) is 0 Å². The number of rotatable bonds is 46. The summed E-state index contributed by atoms with van der Waals surface area (Å²) >= 11 is 0. The van der Waals surface area contributed by atoms with E-state index >= 15 is 8.78 Å². The number of fused-ring (bicyclic) bond motifs is 7. The summed E-state index contributed by atoms with van der Waals surface area (Å²) in [7, 11) is 0. The molecule has 0 bridgehead atoms. The van der Waals surface area contributed by atoms with Gasteiger partial charge < -0.3 is 101 Å². The first-order chi connectivity index (χ1) is 53.3. The SMILES string of the molecule is C=C1C=C[C@@]2(C)C(=C1)[C@@H](F)C[C@H]1[C@@H]3C[C@H]4OC(CCC)O[C@@]4(C(=O)COc4ccc(NC(=O)OCc5ccc(NC(=O)[C@H](CCCNC(N)=O)CC(=O)[C@@H](NC(=O)[C@@H](CCC(=O)NC[C@H](O)[C@@H](O)[C@H](O)[C@H](O)CO)NC(=O)CCOCCOCCOCCOCCN6C(=O)C=CC6=O)C(C)C)cc5)cc4)[C@@]3(C)C[C@H](O)[C@@]12F. The number of alkyl halides is 2. The van der Waals surface area contributed by atoms with E-state index in [1.54, 1.807) is 51.1 Å². The number of amides is 9. The average molecular weight is 1580 g/mol. The van der Waals surface area contributed by atoms with E-state index in [0.717, 1.165) is 4.90 Å². The second-order valence-corrected chi connectivity index (χ2v) is 29.7. The fourth-order valence-corrected chi connectivity index (χ4v) is 15.7. The first kappa shape index (κ1) is 89.0. The molecule has 14 N–H and O–H groups in total. The van der Waals surface area contributed by atoms with Crippen LogP contribution in [-0.2, 0) is 78.1 Å². The molecule has 2 aliphatic heterocycles. The minimum Gasteiger partial charge on any atom is -0.486 e. The van der Waals surface area contributed by atoms with Gasteiger partial charge in [0, 0.05) is 78.5 Å². The zero-order valence-corrected chi connectivity index (χ0v) is 63.8. The summed E-state index contributed by atoms with van der Waals surface area (Å²) in [6.45, 7) is 11.5. The monoisotopic (exact) mass is 1580 g/mol. The lowest BCUT2D eigenvalue weighted by Crippen LogP contribution is -2.70. The number of nitrogens with one attached hydrogen (secondary N) is 6. The Bertz CT molecular complexity index is 3700. The minimum atomic E-state index is -2.27. The quantitative estimate of drug-likeness (QED) is 0.0335. The Hall–Kier alpha value is -8.52. The van der Waals surface area contributed by atoms with E-state index in [9.17, 15) is 73.5 Å². The van der Waals surface area contributed by atoms with Gasteiger partial charge in [-0.05, 0) is 117 Å². The van der Waals surface area contributed by atoms with Crippen molar-refractivity contribution in [1.82, 2.24) is 26.2 Å². The molecule has 17 atom stereocenters. The normalized spacial score (nSPS) is 26.1. The maximum absolute atomic E-state index is 18.1. The molecule has 4 fully saturated rings. The van der Waals surface area contributed by atoms with E-state index in [1.165, 1.54) is 48.6 Å². The molecule has 8 rings (SSSR count). The summed E-state index contributed by atoms with van der Waals surface area (Å²) < 4.78 is 81.0. The molecule has 3 saturated carbocycles. The van der Waals surface area contributed by atoms with E-state index in [2.05, 4.69) is 38.5 Å². The predicted octanol–water partition coefficient (Wildman–Crippen LogP) is 2.88. The molecule has 2 aromatic rings. The van der Waals surface area contributed by atoms with Crippen LogP contribution in [0, 0.1) is 34.5 Å². The molecule has 34 heteroatoms. The molecule has 4 aliphatic carbocycles. The zero-order chi connectivity index (χ0) is 81.7. The molecule has 112 heavy (non-hydrogen) atoms. The largest absolute Gasteiger partial charge is 0.486 e. The Labute approximate surface area is 648 Å². The predicted molar refractivity (Wildman–Crippen MR) is 397 cm³/mol. The van der Waals surface area contributed by atoms with E-state index in [4.69, 9.17) is 48.7 Å². The van der Waals surface area contributed by atoms with Gasteiger partial charge in [0.2, 0.25) is 29.4 Å². The molecule has 9 amide bonds. The van der Waals surface area contributed by atoms with E-state index in [1.807, 2.05) is 13.8 Å². The molecule has 32 nitrogen and oxygen atoms in total. The van der Waals surface area contributed by atoms with Crippen molar-refractivity contribution in [2.24, 2.45) is 40.2 Å². The molecule has 6 aliphatic rings. The number of nitrogens with two attached hydrogens (primary N) is 1. The Morgan fingerprint density at radius 3 is 2.02 bits per heavy atom. The molecule has 618 valence electrons. The molecular weight excluding hydrogens is 1470 g/mol. The topological polar surface area (TPSA) is 467 Å². The molecule has 2 aromatic carbocycles. The molecule has 0 aromatic heterocycles. The fourth-order valence-electron chi connectivity index (χ4n) is 15.7. The van der Waals surface area contributed by atoms with Crippen molar-refractivity contribution < 1.29 is 125 Å². The highest BCUT2D eigenvalue weighted by molar-refractivity contribution is 6.13. The van der Waals surface area contributed by atoms with Gasteiger partial charge in [-0.3, -0.25) is 48.6 Å². The average Bonchev–Trinajstić information content (AvgIpc) is 1.47. The van der Waals surface area contributed by atoms with Gasteiger partial charge in [-0.25, -0.2) is 18.4 Å². The molecular formula is C78H108F2N8O24. The van der Waals surface area contributed by atoms with Gasteiger partial charge >= 0.3 is 12.1 Å². The number of carbonyl (C=O) groups is 10. The Kier molecular flexibility index (Phi) is 32.6. The van der Waals surface area contributed by atoms with Gasteiger partial charge in [0.25, 0.3) is 11.8 Å². The first-order valence-electron chi connectivity index (χ1n) is 37.9. The van der Waals surface area contributed by atoms with Crippen molar-refractivity contribution in [2.45, 2.75) is 184 Å². The second-order valence-electron chi connectivity index (χ2n) is 29.7. The number of urea groups is 1. The van der Waals surface area contributed by atoms with Crippen LogP contribution < -0.4 is 42.4 Å². The van der Waals surface area contributed by atoms with Crippen LogP contribution in [0.25, 0.3) is 0 Å². The van der Waals surface area contributed by atoms with Crippen LogP contribution in [0.5, 0.6) is 5.75 Å². The van der Waals surface area contributed by atoms with Crippen molar-refractivity contribution in [2.75, 3.05) is 96.3 Å². The highest BCUT2D eigenvalue weighted by atomic mass is 19.1. The molecule has 0 radical (unpaired) electrons. The maximum Gasteiger partial charge on any atom is 0.411 e. The smallest absolute Gasteiger partial charge is 0.411 e.